The maximum absolute atomic E-state index is 11.9. The first kappa shape index (κ1) is 17.3. The summed E-state index contributed by atoms with van der Waals surface area (Å²) >= 11 is 0. The first-order valence-corrected chi connectivity index (χ1v) is 7.98. The van der Waals surface area contributed by atoms with Crippen LogP contribution in [0.15, 0.2) is 36.7 Å². The van der Waals surface area contributed by atoms with Crippen molar-refractivity contribution in [3.63, 3.8) is 0 Å². The maximum atomic E-state index is 11.9. The number of carbonyl (C=O) groups is 2. The first-order chi connectivity index (χ1) is 12.5. The van der Waals surface area contributed by atoms with Crippen molar-refractivity contribution in [3.8, 4) is 11.4 Å². The molecule has 134 valence electrons. The van der Waals surface area contributed by atoms with Crippen LogP contribution in [0.4, 0.5) is 4.79 Å². The molecule has 3 rings (SSSR count). The van der Waals surface area contributed by atoms with Crippen LogP contribution in [-0.2, 0) is 4.79 Å². The molecule has 0 radical (unpaired) electrons. The molecule has 1 fully saturated rings. The molecule has 1 saturated heterocycles. The molecule has 9 nitrogen and oxygen atoms in total. The fraction of sp³-hybridized carbons (Fsp3) is 0.235. The number of aromatic nitrogens is 2. The minimum Gasteiger partial charge on any atom is -0.481 e. The van der Waals surface area contributed by atoms with E-state index >= 15 is 0 Å². The number of carboxylic acids is 1. The van der Waals surface area contributed by atoms with Gasteiger partial charge in [-0.1, -0.05) is 24.3 Å². The zero-order valence-electron chi connectivity index (χ0n) is 13.8. The van der Waals surface area contributed by atoms with Gasteiger partial charge in [0.1, 0.15) is 5.84 Å². The fourth-order valence-electron chi connectivity index (χ4n) is 2.77. The van der Waals surface area contributed by atoms with Crippen LogP contribution in [0.5, 0.6) is 0 Å². The summed E-state index contributed by atoms with van der Waals surface area (Å²) < 4.78 is 0. The number of hydrogen-bond donors (Lipinski definition) is 4. The van der Waals surface area contributed by atoms with Gasteiger partial charge in [0.15, 0.2) is 5.82 Å². The van der Waals surface area contributed by atoms with Gasteiger partial charge >= 0.3 is 12.0 Å². The Kier molecular flexibility index (Phi) is 4.78. The molecule has 1 aromatic heterocycles. The van der Waals surface area contributed by atoms with Crippen LogP contribution in [0.3, 0.4) is 0 Å². The summed E-state index contributed by atoms with van der Waals surface area (Å²) in [5.41, 5.74) is 7.57. The SMILES string of the molecule is N=C(N)c1ccc(-c2ncc(C3CNC(=O)N3CCC(=O)O)cn2)cc1. The second-order valence-electron chi connectivity index (χ2n) is 5.87. The van der Waals surface area contributed by atoms with Crippen molar-refractivity contribution in [2.75, 3.05) is 13.1 Å². The third-order valence-corrected chi connectivity index (χ3v) is 4.16. The van der Waals surface area contributed by atoms with E-state index in [1.807, 2.05) is 0 Å². The number of urea groups is 1. The molecule has 1 aromatic carbocycles. The largest absolute Gasteiger partial charge is 0.481 e. The summed E-state index contributed by atoms with van der Waals surface area (Å²) in [5.74, 6) is -0.449. The van der Waals surface area contributed by atoms with Crippen molar-refractivity contribution in [3.05, 3.63) is 47.8 Å². The van der Waals surface area contributed by atoms with Gasteiger partial charge in [0, 0.05) is 42.2 Å². The van der Waals surface area contributed by atoms with Crippen LogP contribution in [0.1, 0.15) is 23.6 Å². The number of benzene rings is 1. The van der Waals surface area contributed by atoms with E-state index in [0.717, 1.165) is 11.1 Å². The summed E-state index contributed by atoms with van der Waals surface area (Å²) in [6, 6.07) is 6.43. The highest BCUT2D eigenvalue weighted by Crippen LogP contribution is 2.25. The fourth-order valence-corrected chi connectivity index (χ4v) is 2.77. The summed E-state index contributed by atoms with van der Waals surface area (Å²) in [6.07, 6.45) is 3.16. The van der Waals surface area contributed by atoms with Gasteiger partial charge in [0.05, 0.1) is 12.5 Å². The van der Waals surface area contributed by atoms with E-state index < -0.39 is 5.97 Å². The van der Waals surface area contributed by atoms with Crippen LogP contribution in [0.2, 0.25) is 0 Å². The van der Waals surface area contributed by atoms with Crippen molar-refractivity contribution in [1.29, 1.82) is 5.41 Å². The number of amidine groups is 1. The van der Waals surface area contributed by atoms with Gasteiger partial charge in [-0.3, -0.25) is 10.2 Å². The van der Waals surface area contributed by atoms with E-state index in [1.54, 1.807) is 36.7 Å². The molecule has 1 atom stereocenters. The van der Waals surface area contributed by atoms with Crippen molar-refractivity contribution < 1.29 is 14.7 Å². The van der Waals surface area contributed by atoms with E-state index in [9.17, 15) is 9.59 Å². The van der Waals surface area contributed by atoms with Crippen LogP contribution < -0.4 is 11.1 Å². The molecular weight excluding hydrogens is 336 g/mol. The normalized spacial score (nSPS) is 16.4. The minimum atomic E-state index is -0.955. The molecule has 2 heterocycles. The Morgan fingerprint density at radius 2 is 1.96 bits per heavy atom. The third kappa shape index (κ3) is 3.61. The summed E-state index contributed by atoms with van der Waals surface area (Å²) in [4.78, 5) is 32.8. The molecule has 0 bridgehead atoms. The molecule has 0 aliphatic carbocycles. The van der Waals surface area contributed by atoms with Gasteiger partial charge in [-0.05, 0) is 0 Å². The van der Waals surface area contributed by atoms with Crippen molar-refractivity contribution in [1.82, 2.24) is 20.2 Å². The van der Waals surface area contributed by atoms with E-state index in [4.69, 9.17) is 16.2 Å². The predicted octanol–water partition coefficient (Wildman–Crippen LogP) is 0.969. The lowest BCUT2D eigenvalue weighted by Crippen LogP contribution is -2.32. The van der Waals surface area contributed by atoms with Crippen molar-refractivity contribution in [2.24, 2.45) is 5.73 Å². The van der Waals surface area contributed by atoms with Crippen LogP contribution in [0.25, 0.3) is 11.4 Å². The average Bonchev–Trinajstić information content (AvgIpc) is 3.01. The van der Waals surface area contributed by atoms with E-state index in [-0.39, 0.29) is 30.9 Å². The lowest BCUT2D eigenvalue weighted by Gasteiger charge is -2.22. The van der Waals surface area contributed by atoms with E-state index in [0.29, 0.717) is 17.9 Å². The summed E-state index contributed by atoms with van der Waals surface area (Å²) in [6.45, 7) is 0.508. The molecular formula is C17H18N6O3. The number of nitrogens with one attached hydrogen (secondary N) is 2. The predicted molar refractivity (Wildman–Crippen MR) is 93.6 cm³/mol. The monoisotopic (exact) mass is 354 g/mol. The maximum Gasteiger partial charge on any atom is 0.318 e. The molecule has 1 aliphatic heterocycles. The number of nitrogens with two attached hydrogens (primary N) is 1. The smallest absolute Gasteiger partial charge is 0.318 e. The van der Waals surface area contributed by atoms with E-state index in [1.165, 1.54) is 4.90 Å². The molecule has 9 heteroatoms. The second-order valence-corrected chi connectivity index (χ2v) is 5.87. The average molecular weight is 354 g/mol. The molecule has 2 aromatic rings. The number of carboxylic acid groups (broad SMARTS) is 1. The highest BCUT2D eigenvalue weighted by molar-refractivity contribution is 5.95. The number of amides is 2. The Morgan fingerprint density at radius 1 is 1.31 bits per heavy atom. The molecule has 0 saturated carbocycles. The van der Waals surface area contributed by atoms with Gasteiger partial charge < -0.3 is 21.1 Å². The molecule has 1 aliphatic rings. The standard InChI is InChI=1S/C17H18N6O3/c18-15(19)10-1-3-11(4-2-10)16-20-7-12(8-21-16)13-9-22-17(26)23(13)6-5-14(24)25/h1-4,7-8,13H,5-6,9H2,(H3,18,19)(H,22,26)(H,24,25). The number of hydrogen-bond acceptors (Lipinski definition) is 5. The zero-order chi connectivity index (χ0) is 18.7. The number of rotatable bonds is 6. The molecule has 26 heavy (non-hydrogen) atoms. The number of carbonyl (C=O) groups excluding carboxylic acids is 1. The molecule has 1 unspecified atom stereocenters. The number of nitrogen functional groups attached to an aromatic ring is 1. The quantitative estimate of drug-likeness (QED) is 0.449. The van der Waals surface area contributed by atoms with Crippen LogP contribution in [0, 0.1) is 5.41 Å². The van der Waals surface area contributed by atoms with Gasteiger partial charge in [-0.25, -0.2) is 14.8 Å². The van der Waals surface area contributed by atoms with Gasteiger partial charge in [-0.2, -0.15) is 0 Å². The van der Waals surface area contributed by atoms with E-state index in [2.05, 4.69) is 15.3 Å². The van der Waals surface area contributed by atoms with Crippen LogP contribution in [-0.4, -0.2) is 50.9 Å². The number of aliphatic carboxylic acids is 1. The Bertz CT molecular complexity index is 835. The zero-order valence-corrected chi connectivity index (χ0v) is 13.8. The summed E-state index contributed by atoms with van der Waals surface area (Å²) in [7, 11) is 0. The summed E-state index contributed by atoms with van der Waals surface area (Å²) in [5, 5.41) is 18.9. The van der Waals surface area contributed by atoms with Crippen molar-refractivity contribution in [2.45, 2.75) is 12.5 Å². The topological polar surface area (TPSA) is 145 Å². The Hall–Kier alpha value is -3.49. The van der Waals surface area contributed by atoms with Gasteiger partial charge in [0.2, 0.25) is 0 Å². The minimum absolute atomic E-state index is 0.00679. The molecule has 5 N–H and O–H groups in total. The Morgan fingerprint density at radius 3 is 2.54 bits per heavy atom. The van der Waals surface area contributed by atoms with Gasteiger partial charge in [-0.15, -0.1) is 0 Å². The molecule has 2 amide bonds. The molecule has 0 spiro atoms. The lowest BCUT2D eigenvalue weighted by atomic mass is 10.1. The highest BCUT2D eigenvalue weighted by Gasteiger charge is 2.32. The highest BCUT2D eigenvalue weighted by atomic mass is 16.4. The lowest BCUT2D eigenvalue weighted by molar-refractivity contribution is -0.137. The van der Waals surface area contributed by atoms with Gasteiger partial charge in [0.25, 0.3) is 0 Å². The Balaban J connectivity index is 1.77. The van der Waals surface area contributed by atoms with Crippen molar-refractivity contribution >= 4 is 17.8 Å². The van der Waals surface area contributed by atoms with Crippen LogP contribution >= 0.6 is 0 Å². The second kappa shape index (κ2) is 7.18. The Labute approximate surface area is 149 Å². The first-order valence-electron chi connectivity index (χ1n) is 7.98. The number of nitrogens with zero attached hydrogens (tertiary/aromatic N) is 3. The third-order valence-electron chi connectivity index (χ3n) is 4.16.